The van der Waals surface area contributed by atoms with Gasteiger partial charge in [0.2, 0.25) is 0 Å². The van der Waals surface area contributed by atoms with Gasteiger partial charge in [-0.3, -0.25) is 0 Å². The molecule has 1 aromatic rings. The molecule has 18 heavy (non-hydrogen) atoms. The molecular weight excluding hydrogens is 220 g/mol. The van der Waals surface area contributed by atoms with E-state index in [1.165, 1.54) is 12.0 Å². The summed E-state index contributed by atoms with van der Waals surface area (Å²) in [5, 5.41) is 9.45. The Morgan fingerprint density at radius 3 is 1.94 bits per heavy atom. The number of hydrogen-bond acceptors (Lipinski definition) is 1. The first-order valence-electron chi connectivity index (χ1n) is 7.09. The minimum absolute atomic E-state index is 0.135. The molecule has 0 amide bonds. The molecule has 0 fully saturated rings. The molecule has 0 spiro atoms. The van der Waals surface area contributed by atoms with Gasteiger partial charge in [0.25, 0.3) is 0 Å². The van der Waals surface area contributed by atoms with Gasteiger partial charge in [-0.1, -0.05) is 60.1 Å². The average Bonchev–Trinajstić information content (AvgIpc) is 2.37. The smallest absolute Gasteiger partial charge is 0.115 e. The predicted octanol–water partition coefficient (Wildman–Crippen LogP) is 5.13. The summed E-state index contributed by atoms with van der Waals surface area (Å²) in [6, 6.07) is 7.75. The largest absolute Gasteiger partial charge is 0.508 e. The zero-order chi connectivity index (χ0) is 14.0. The molecule has 1 heteroatoms. The van der Waals surface area contributed by atoms with Crippen molar-refractivity contribution in [1.82, 2.24) is 0 Å². The van der Waals surface area contributed by atoms with E-state index in [1.807, 2.05) is 0 Å². The van der Waals surface area contributed by atoms with Crippen molar-refractivity contribution < 1.29 is 5.11 Å². The summed E-state index contributed by atoms with van der Waals surface area (Å²) < 4.78 is 0. The molecule has 2 atom stereocenters. The van der Waals surface area contributed by atoms with Crippen LogP contribution in [0.4, 0.5) is 0 Å². The number of benzene rings is 1. The van der Waals surface area contributed by atoms with Crippen LogP contribution in [-0.4, -0.2) is 5.11 Å². The lowest BCUT2D eigenvalue weighted by molar-refractivity contribution is 0.0929. The summed E-state index contributed by atoms with van der Waals surface area (Å²) in [6.07, 6.45) is 2.30. The zero-order valence-corrected chi connectivity index (χ0v) is 12.7. The van der Waals surface area contributed by atoms with Gasteiger partial charge >= 0.3 is 0 Å². The molecule has 0 heterocycles. The monoisotopic (exact) mass is 248 g/mol. The highest BCUT2D eigenvalue weighted by Crippen LogP contribution is 2.49. The van der Waals surface area contributed by atoms with E-state index in [0.29, 0.717) is 11.7 Å². The van der Waals surface area contributed by atoms with Crippen molar-refractivity contribution in [1.29, 1.82) is 0 Å². The Bertz CT molecular complexity index is 377. The van der Waals surface area contributed by atoms with Crippen LogP contribution in [0.5, 0.6) is 5.75 Å². The maximum Gasteiger partial charge on any atom is 0.115 e. The Kier molecular flexibility index (Phi) is 4.47. The van der Waals surface area contributed by atoms with Gasteiger partial charge in [-0.05, 0) is 40.9 Å². The third-order valence-corrected chi connectivity index (χ3v) is 5.48. The van der Waals surface area contributed by atoms with Crippen LogP contribution < -0.4 is 0 Å². The molecule has 0 aliphatic carbocycles. The van der Waals surface area contributed by atoms with E-state index in [4.69, 9.17) is 0 Å². The standard InChI is InChI=1S/C17H28O/c1-7-13(3)16(4,5)17(6,8-2)14-9-11-15(18)12-10-14/h9-13,18H,7-8H2,1-6H3. The van der Waals surface area contributed by atoms with Crippen molar-refractivity contribution in [3.05, 3.63) is 29.8 Å². The third kappa shape index (κ3) is 2.41. The first-order chi connectivity index (χ1) is 8.29. The highest BCUT2D eigenvalue weighted by Gasteiger charge is 2.43. The second kappa shape index (κ2) is 5.34. The molecule has 0 aliphatic rings. The maximum absolute atomic E-state index is 9.45. The zero-order valence-electron chi connectivity index (χ0n) is 12.7. The van der Waals surface area contributed by atoms with Gasteiger partial charge in [-0.2, -0.15) is 0 Å². The summed E-state index contributed by atoms with van der Waals surface area (Å²) in [4.78, 5) is 0. The van der Waals surface area contributed by atoms with Crippen LogP contribution in [0.3, 0.4) is 0 Å². The highest BCUT2D eigenvalue weighted by atomic mass is 16.3. The van der Waals surface area contributed by atoms with Gasteiger partial charge in [0.15, 0.2) is 0 Å². The van der Waals surface area contributed by atoms with E-state index in [9.17, 15) is 5.11 Å². The van der Waals surface area contributed by atoms with Crippen LogP contribution in [0.25, 0.3) is 0 Å². The number of phenolic OH excluding ortho intramolecular Hbond substituents is 1. The topological polar surface area (TPSA) is 20.2 Å². The van der Waals surface area contributed by atoms with E-state index in [2.05, 4.69) is 53.7 Å². The molecule has 0 aromatic heterocycles. The number of aromatic hydroxyl groups is 1. The van der Waals surface area contributed by atoms with Crippen LogP contribution in [0.15, 0.2) is 24.3 Å². The molecule has 1 aromatic carbocycles. The normalized spacial score (nSPS) is 17.2. The van der Waals surface area contributed by atoms with Crippen LogP contribution >= 0.6 is 0 Å². The number of rotatable bonds is 5. The summed E-state index contributed by atoms with van der Waals surface area (Å²) in [5.41, 5.74) is 1.69. The minimum atomic E-state index is 0.135. The van der Waals surface area contributed by atoms with Crippen molar-refractivity contribution in [3.8, 4) is 5.75 Å². The summed E-state index contributed by atoms with van der Waals surface area (Å²) in [5.74, 6) is 1.01. The third-order valence-electron chi connectivity index (χ3n) is 5.48. The van der Waals surface area contributed by atoms with Gasteiger partial charge in [-0.25, -0.2) is 0 Å². The fourth-order valence-corrected chi connectivity index (χ4v) is 2.92. The molecule has 0 saturated carbocycles. The summed E-state index contributed by atoms with van der Waals surface area (Å²) >= 11 is 0. The van der Waals surface area contributed by atoms with Crippen molar-refractivity contribution in [3.63, 3.8) is 0 Å². The molecule has 1 rings (SSSR count). The molecule has 1 N–H and O–H groups in total. The second-order valence-corrected chi connectivity index (χ2v) is 6.26. The van der Waals surface area contributed by atoms with Crippen LogP contribution in [-0.2, 0) is 5.41 Å². The van der Waals surface area contributed by atoms with Gasteiger partial charge in [0.05, 0.1) is 0 Å². The molecule has 0 saturated heterocycles. The molecule has 2 unspecified atom stereocenters. The Morgan fingerprint density at radius 2 is 1.56 bits per heavy atom. The molecule has 0 aliphatic heterocycles. The lowest BCUT2D eigenvalue weighted by Gasteiger charge is -2.48. The molecule has 1 nitrogen and oxygen atoms in total. The predicted molar refractivity (Wildman–Crippen MR) is 79.0 cm³/mol. The van der Waals surface area contributed by atoms with Gasteiger partial charge < -0.3 is 5.11 Å². The SMILES string of the molecule is CCC(C)C(C)(C)C(C)(CC)c1ccc(O)cc1. The molecular formula is C17H28O. The summed E-state index contributed by atoms with van der Waals surface area (Å²) in [7, 11) is 0. The van der Waals surface area contributed by atoms with Gasteiger partial charge in [0.1, 0.15) is 5.75 Å². The minimum Gasteiger partial charge on any atom is -0.508 e. The highest BCUT2D eigenvalue weighted by molar-refractivity contribution is 5.33. The Morgan fingerprint density at radius 1 is 1.06 bits per heavy atom. The Labute approximate surface area is 112 Å². The Balaban J connectivity index is 3.23. The van der Waals surface area contributed by atoms with Crippen LogP contribution in [0, 0.1) is 11.3 Å². The first kappa shape index (κ1) is 15.1. The first-order valence-corrected chi connectivity index (χ1v) is 7.09. The lowest BCUT2D eigenvalue weighted by atomic mass is 9.56. The summed E-state index contributed by atoms with van der Waals surface area (Å²) in [6.45, 7) is 14.0. The second-order valence-electron chi connectivity index (χ2n) is 6.26. The van der Waals surface area contributed by atoms with E-state index in [1.54, 1.807) is 12.1 Å². The fourth-order valence-electron chi connectivity index (χ4n) is 2.92. The number of hydrogen-bond donors (Lipinski definition) is 1. The van der Waals surface area contributed by atoms with Crippen molar-refractivity contribution in [2.24, 2.45) is 11.3 Å². The number of phenols is 1. The van der Waals surface area contributed by atoms with Crippen LogP contribution in [0.1, 0.15) is 59.9 Å². The lowest BCUT2D eigenvalue weighted by Crippen LogP contribution is -2.43. The average molecular weight is 248 g/mol. The molecule has 0 radical (unpaired) electrons. The van der Waals surface area contributed by atoms with E-state index in [0.717, 1.165) is 6.42 Å². The van der Waals surface area contributed by atoms with E-state index < -0.39 is 0 Å². The van der Waals surface area contributed by atoms with Crippen molar-refractivity contribution in [2.45, 2.75) is 59.8 Å². The van der Waals surface area contributed by atoms with Gasteiger partial charge in [-0.15, -0.1) is 0 Å². The Hall–Kier alpha value is -0.980. The van der Waals surface area contributed by atoms with Crippen molar-refractivity contribution in [2.75, 3.05) is 0 Å². The molecule has 0 bridgehead atoms. The fraction of sp³-hybridized carbons (Fsp3) is 0.647. The quantitative estimate of drug-likeness (QED) is 0.765. The van der Waals surface area contributed by atoms with Gasteiger partial charge in [0, 0.05) is 0 Å². The molecule has 102 valence electrons. The van der Waals surface area contributed by atoms with E-state index in [-0.39, 0.29) is 10.8 Å². The maximum atomic E-state index is 9.45. The van der Waals surface area contributed by atoms with E-state index >= 15 is 0 Å². The van der Waals surface area contributed by atoms with Crippen LogP contribution in [0.2, 0.25) is 0 Å². The van der Waals surface area contributed by atoms with Crippen molar-refractivity contribution >= 4 is 0 Å².